The first kappa shape index (κ1) is 61.9. The van der Waals surface area contributed by atoms with E-state index in [1.165, 1.54) is 5.56 Å². The molecule has 5 aromatic heterocycles. The topological polar surface area (TPSA) is 152 Å². The average Bonchev–Trinajstić information content (AvgIpc) is 1.02. The van der Waals surface area contributed by atoms with Crippen molar-refractivity contribution in [2.45, 2.75) is 13.8 Å². The van der Waals surface area contributed by atoms with Gasteiger partial charge in [0, 0.05) is 99.0 Å². The number of aryl methyl sites for hydroxylation is 2. The Balaban J connectivity index is 1.01. The molecule has 0 spiro atoms. The molecule has 10 heteroatoms. The molecule has 0 aliphatic rings. The van der Waals surface area contributed by atoms with Gasteiger partial charge in [-0.15, -0.1) is 0 Å². The number of hydrogen-bond acceptors (Lipinski definition) is 6. The highest BCUT2D eigenvalue weighted by Gasteiger charge is 2.33. The van der Waals surface area contributed by atoms with Crippen LogP contribution in [0.15, 0.2) is 303 Å². The highest BCUT2D eigenvalue weighted by Crippen LogP contribution is 2.56. The molecule has 0 amide bonds. The number of rotatable bonds is 10. The van der Waals surface area contributed by atoms with Crippen molar-refractivity contribution in [3.8, 4) is 120 Å². The summed E-state index contributed by atoms with van der Waals surface area (Å²) in [5.74, 6) is 0. The van der Waals surface area contributed by atoms with Gasteiger partial charge in [0.2, 0.25) is 0 Å². The van der Waals surface area contributed by atoms with E-state index in [9.17, 15) is 26.3 Å². The second-order valence-electron chi connectivity index (χ2n) is 27.1. The molecular formula is C96H56N10. The van der Waals surface area contributed by atoms with Crippen molar-refractivity contribution in [2.75, 3.05) is 0 Å². The monoisotopic (exact) mass is 1350 g/mol. The van der Waals surface area contributed by atoms with Gasteiger partial charge in [-0.05, 0) is 183 Å². The summed E-state index contributed by atoms with van der Waals surface area (Å²) >= 11 is 0. The Hall–Kier alpha value is -15.1. The maximum atomic E-state index is 13.0. The second-order valence-corrected chi connectivity index (χ2v) is 27.1. The zero-order valence-electron chi connectivity index (χ0n) is 57.3. The smallest absolute Gasteiger partial charge is 0.101 e. The van der Waals surface area contributed by atoms with Crippen LogP contribution in [-0.2, 0) is 0 Å². The van der Waals surface area contributed by atoms with Gasteiger partial charge in [-0.2, -0.15) is 26.3 Å². The molecule has 0 aliphatic carbocycles. The first-order valence-corrected chi connectivity index (χ1v) is 35.0. The minimum atomic E-state index is 0.380. The van der Waals surface area contributed by atoms with Crippen LogP contribution in [0.2, 0.25) is 0 Å². The molecule has 0 bridgehead atoms. The lowest BCUT2D eigenvalue weighted by Gasteiger charge is -2.28. The maximum absolute atomic E-state index is 13.0. The van der Waals surface area contributed by atoms with Gasteiger partial charge < -0.3 is 18.3 Å². The van der Waals surface area contributed by atoms with Crippen molar-refractivity contribution in [2.24, 2.45) is 0 Å². The van der Waals surface area contributed by atoms with Crippen molar-refractivity contribution in [1.29, 1.82) is 26.3 Å². The molecule has 10 nitrogen and oxygen atoms in total. The van der Waals surface area contributed by atoms with Gasteiger partial charge >= 0.3 is 0 Å². The van der Waals surface area contributed by atoms with E-state index in [0.29, 0.717) is 44.6 Å². The third kappa shape index (κ3) is 9.64. The zero-order valence-corrected chi connectivity index (χ0v) is 57.3. The minimum absolute atomic E-state index is 0.380. The molecule has 0 radical (unpaired) electrons. The Bertz CT molecular complexity index is 7060. The number of para-hydroxylation sites is 4. The summed E-state index contributed by atoms with van der Waals surface area (Å²) < 4.78 is 9.12. The van der Waals surface area contributed by atoms with Crippen LogP contribution < -0.4 is 0 Å². The van der Waals surface area contributed by atoms with Crippen LogP contribution in [0.5, 0.6) is 0 Å². The molecule has 14 aromatic carbocycles. The van der Waals surface area contributed by atoms with E-state index in [1.54, 1.807) is 0 Å². The summed E-state index contributed by atoms with van der Waals surface area (Å²) in [6.07, 6.45) is 0. The Labute approximate surface area is 609 Å². The molecule has 490 valence electrons. The molecule has 0 unspecified atom stereocenters. The van der Waals surface area contributed by atoms with Crippen LogP contribution in [0.25, 0.3) is 177 Å². The number of aromatic nitrogens is 5. The van der Waals surface area contributed by atoms with E-state index in [1.807, 2.05) is 121 Å². The Morgan fingerprint density at radius 1 is 0.245 bits per heavy atom. The summed E-state index contributed by atoms with van der Waals surface area (Å²) in [5, 5.41) is 63.0. The van der Waals surface area contributed by atoms with Gasteiger partial charge in [-0.3, -0.25) is 0 Å². The molecule has 19 rings (SSSR count). The van der Waals surface area contributed by atoms with E-state index >= 15 is 0 Å². The summed E-state index contributed by atoms with van der Waals surface area (Å²) in [7, 11) is 0. The van der Waals surface area contributed by atoms with Crippen LogP contribution in [0.3, 0.4) is 0 Å². The first-order valence-electron chi connectivity index (χ1n) is 35.0. The van der Waals surface area contributed by atoms with E-state index < -0.39 is 0 Å². The third-order valence-corrected chi connectivity index (χ3v) is 21.0. The van der Waals surface area contributed by atoms with Crippen LogP contribution in [0.4, 0.5) is 0 Å². The van der Waals surface area contributed by atoms with Crippen LogP contribution >= 0.6 is 0 Å². The maximum Gasteiger partial charge on any atom is 0.101 e. The van der Waals surface area contributed by atoms with Crippen LogP contribution in [0, 0.1) is 70.5 Å². The number of benzene rings is 14. The predicted molar refractivity (Wildman–Crippen MR) is 427 cm³/mol. The Morgan fingerprint density at radius 3 is 1.05 bits per heavy atom. The SMILES string of the molecule is Cc1ccc2c(c1)c1ccccc1n2-c1ccc(-c2c(C#N)c(-c3cccc(-c4ccccc4)n3)c(-c3ccc(-n4c5ccccc5c5cc(C)ccc54)cc3)c(-c3ccccc3-n3c4ccc(C#N)cc4c4cc(C#N)ccc43)c2-c2ccccc2-n2c3ccc(C#N)cc3c3cc(C#N)ccc32)cc1. The van der Waals surface area contributed by atoms with Gasteiger partial charge in [0.15, 0.2) is 0 Å². The lowest BCUT2D eigenvalue weighted by molar-refractivity contribution is 1.17. The number of fused-ring (bicyclic) bond motifs is 12. The molecule has 0 atom stereocenters. The van der Waals surface area contributed by atoms with Crippen LogP contribution in [0.1, 0.15) is 38.9 Å². The van der Waals surface area contributed by atoms with Crippen molar-refractivity contribution in [3.63, 3.8) is 0 Å². The number of nitriles is 5. The average molecular weight is 1350 g/mol. The molecule has 106 heavy (non-hydrogen) atoms. The number of hydrogen-bond donors (Lipinski definition) is 0. The van der Waals surface area contributed by atoms with Crippen molar-refractivity contribution in [1.82, 2.24) is 23.3 Å². The van der Waals surface area contributed by atoms with Gasteiger partial charge in [0.05, 0.1) is 119 Å². The number of nitrogens with zero attached hydrogens (tertiary/aromatic N) is 10. The van der Waals surface area contributed by atoms with Crippen molar-refractivity contribution in [3.05, 3.63) is 342 Å². The minimum Gasteiger partial charge on any atom is -0.309 e. The highest BCUT2D eigenvalue weighted by atomic mass is 15.0. The lowest BCUT2D eigenvalue weighted by atomic mass is 9.76. The molecule has 0 aliphatic heterocycles. The molecule has 0 N–H and O–H groups in total. The fraction of sp³-hybridized carbons (Fsp3) is 0.0208. The zero-order chi connectivity index (χ0) is 71.4. The second kappa shape index (κ2) is 24.6. The number of pyridine rings is 1. The fourth-order valence-corrected chi connectivity index (χ4v) is 16.5. The van der Waals surface area contributed by atoms with E-state index in [-0.39, 0.29) is 0 Å². The van der Waals surface area contributed by atoms with Crippen molar-refractivity contribution >= 4 is 87.2 Å². The van der Waals surface area contributed by atoms with Gasteiger partial charge in [-0.25, -0.2) is 4.98 Å². The largest absolute Gasteiger partial charge is 0.309 e. The fourth-order valence-electron chi connectivity index (χ4n) is 16.5. The van der Waals surface area contributed by atoms with E-state index in [4.69, 9.17) is 4.98 Å². The molecule has 0 saturated carbocycles. The van der Waals surface area contributed by atoms with Crippen molar-refractivity contribution < 1.29 is 0 Å². The van der Waals surface area contributed by atoms with Crippen LogP contribution in [-0.4, -0.2) is 23.3 Å². The quantitative estimate of drug-likeness (QED) is 0.133. The summed E-state index contributed by atoms with van der Waals surface area (Å²) in [4.78, 5) is 5.70. The Morgan fingerprint density at radius 2 is 0.604 bits per heavy atom. The van der Waals surface area contributed by atoms with E-state index in [0.717, 1.165) is 166 Å². The molecule has 0 saturated heterocycles. The molecule has 5 heterocycles. The highest BCUT2D eigenvalue weighted by molar-refractivity contribution is 6.17. The summed E-state index contributed by atoms with van der Waals surface area (Å²) in [6.45, 7) is 4.26. The molecular weight excluding hydrogens is 1290 g/mol. The van der Waals surface area contributed by atoms with Gasteiger partial charge in [0.25, 0.3) is 0 Å². The lowest BCUT2D eigenvalue weighted by Crippen LogP contribution is -2.07. The standard InChI is InChI=1S/C96H56N10/c1-58-27-41-86-73(47-58)69-17-6-10-23-82(69)103(86)67-37-33-65(34-38-67)92-79(57-101)94(81-22-14-21-80(102-81)64-15-4-3-5-16-64)93(66-35-39-68(40-36-66)104-83-24-11-7-18-70(83)74-48-59(2)28-42-87(74)104)96(72-20-9-13-26-85(72)106-90-45-31-62(55-99)51-77(90)78-52-63(56-100)32-46-91(78)106)95(92)71-19-8-12-25-84(71)105-88-43-29-60(53-97)49-75(88)76-50-61(54-98)30-44-89(76)105/h3-52H,1-2H3. The Kier molecular flexibility index (Phi) is 14.4. The van der Waals surface area contributed by atoms with E-state index in [2.05, 4.69) is 244 Å². The predicted octanol–water partition coefficient (Wildman–Crippen LogP) is 23.4. The third-order valence-electron chi connectivity index (χ3n) is 21.0. The normalized spacial score (nSPS) is 11.4. The van der Waals surface area contributed by atoms with Gasteiger partial charge in [0.1, 0.15) is 6.07 Å². The molecule has 0 fully saturated rings. The molecule has 19 aromatic rings. The summed E-state index contributed by atoms with van der Waals surface area (Å²) in [6, 6.07) is 116. The summed E-state index contributed by atoms with van der Waals surface area (Å²) in [5.41, 5.74) is 24.3. The van der Waals surface area contributed by atoms with Gasteiger partial charge in [-0.1, -0.05) is 157 Å². The first-order chi connectivity index (χ1) is 52.2.